The summed E-state index contributed by atoms with van der Waals surface area (Å²) in [5.41, 5.74) is 0. The fraction of sp³-hybridized carbons (Fsp3) is 0. The highest BCUT2D eigenvalue weighted by Gasteiger charge is 2.06. The number of halogens is 2. The number of benzene rings is 2. The number of hydrogen-bond acceptors (Lipinski definition) is 2. The molecule has 82 valence electrons. The van der Waals surface area contributed by atoms with Gasteiger partial charge in [0.25, 0.3) is 0 Å². The Hall–Kier alpha value is -0.750. The zero-order valence-electron chi connectivity index (χ0n) is 8.15. The van der Waals surface area contributed by atoms with Gasteiger partial charge in [-0.15, -0.1) is 0 Å². The first-order valence-corrected chi connectivity index (χ1v) is 6.45. The molecule has 0 aliphatic rings. The molecule has 0 spiro atoms. The predicted octanol–water partition coefficient (Wildman–Crippen LogP) is 4.55. The second kappa shape index (κ2) is 5.05. The summed E-state index contributed by atoms with van der Waals surface area (Å²) in [5, 5.41) is 9.53. The van der Waals surface area contributed by atoms with Crippen LogP contribution in [0.1, 0.15) is 0 Å². The maximum atomic E-state index is 9.53. The Morgan fingerprint density at radius 1 is 1.06 bits per heavy atom. The molecule has 0 aromatic heterocycles. The van der Waals surface area contributed by atoms with E-state index in [1.165, 1.54) is 0 Å². The molecule has 0 saturated carbocycles. The Morgan fingerprint density at radius 2 is 1.75 bits per heavy atom. The smallest absolute Gasteiger partial charge is 0.144 e. The second-order valence-corrected chi connectivity index (χ2v) is 5.14. The van der Waals surface area contributed by atoms with E-state index in [9.17, 15) is 5.11 Å². The number of phenolic OH excluding ortho intramolecular Hbond substituents is 1. The normalized spacial score (nSPS) is 10.1. The van der Waals surface area contributed by atoms with Gasteiger partial charge in [-0.2, -0.15) is 0 Å². The van der Waals surface area contributed by atoms with Crippen LogP contribution in [0.2, 0.25) is 0 Å². The van der Waals surface area contributed by atoms with Gasteiger partial charge in [0.05, 0.1) is 3.57 Å². The maximum absolute atomic E-state index is 9.53. The fourth-order valence-electron chi connectivity index (χ4n) is 1.21. The first-order valence-electron chi connectivity index (χ1n) is 4.58. The topological polar surface area (TPSA) is 29.5 Å². The molecule has 0 heterocycles. The zero-order valence-corrected chi connectivity index (χ0v) is 11.9. The van der Waals surface area contributed by atoms with Gasteiger partial charge in [-0.05, 0) is 59.0 Å². The standard InChI is InChI=1S/C12H8BrIO2/c13-8-4-6-9(7-5-8)16-11-3-1-2-10(15)12(11)14/h1-7,15H. The minimum absolute atomic E-state index is 0.232. The SMILES string of the molecule is Oc1cccc(Oc2ccc(Br)cc2)c1I. The van der Waals surface area contributed by atoms with E-state index in [1.807, 2.05) is 30.3 Å². The molecular formula is C12H8BrIO2. The van der Waals surface area contributed by atoms with E-state index in [0.717, 1.165) is 10.2 Å². The van der Waals surface area contributed by atoms with Crippen molar-refractivity contribution in [3.05, 3.63) is 50.5 Å². The third kappa shape index (κ3) is 2.68. The van der Waals surface area contributed by atoms with Crippen molar-refractivity contribution in [2.45, 2.75) is 0 Å². The molecule has 2 aromatic rings. The average molecular weight is 391 g/mol. The lowest BCUT2D eigenvalue weighted by Crippen LogP contribution is -1.87. The predicted molar refractivity (Wildman–Crippen MR) is 75.0 cm³/mol. The second-order valence-electron chi connectivity index (χ2n) is 3.15. The van der Waals surface area contributed by atoms with Crippen LogP contribution in [0.3, 0.4) is 0 Å². The quantitative estimate of drug-likeness (QED) is 0.762. The molecule has 0 fully saturated rings. The molecule has 1 N–H and O–H groups in total. The van der Waals surface area contributed by atoms with E-state index in [4.69, 9.17) is 4.74 Å². The Balaban J connectivity index is 2.27. The molecule has 2 nitrogen and oxygen atoms in total. The van der Waals surface area contributed by atoms with Crippen LogP contribution in [0.4, 0.5) is 0 Å². The molecule has 4 heteroatoms. The summed E-state index contributed by atoms with van der Waals surface area (Å²) < 4.78 is 7.37. The summed E-state index contributed by atoms with van der Waals surface area (Å²) >= 11 is 5.41. The molecule has 0 unspecified atom stereocenters. The first-order chi connectivity index (χ1) is 7.66. The summed E-state index contributed by atoms with van der Waals surface area (Å²) in [6, 6.07) is 12.8. The van der Waals surface area contributed by atoms with Gasteiger partial charge in [0.15, 0.2) is 0 Å². The van der Waals surface area contributed by atoms with E-state index in [0.29, 0.717) is 9.32 Å². The van der Waals surface area contributed by atoms with Gasteiger partial charge in [0.2, 0.25) is 0 Å². The van der Waals surface area contributed by atoms with Crippen LogP contribution < -0.4 is 4.74 Å². The lowest BCUT2D eigenvalue weighted by atomic mass is 10.3. The highest BCUT2D eigenvalue weighted by molar-refractivity contribution is 14.1. The molecule has 2 aromatic carbocycles. The van der Waals surface area contributed by atoms with E-state index in [-0.39, 0.29) is 5.75 Å². The average Bonchev–Trinajstić information content (AvgIpc) is 2.28. The van der Waals surface area contributed by atoms with Crippen molar-refractivity contribution in [1.29, 1.82) is 0 Å². The summed E-state index contributed by atoms with van der Waals surface area (Å²) in [4.78, 5) is 0. The van der Waals surface area contributed by atoms with Gasteiger partial charge in [-0.3, -0.25) is 0 Å². The highest BCUT2D eigenvalue weighted by Crippen LogP contribution is 2.32. The summed E-state index contributed by atoms with van der Waals surface area (Å²) in [6.45, 7) is 0. The van der Waals surface area contributed by atoms with Crippen LogP contribution in [0.15, 0.2) is 46.9 Å². The minimum atomic E-state index is 0.232. The van der Waals surface area contributed by atoms with Gasteiger partial charge in [0.1, 0.15) is 17.2 Å². The van der Waals surface area contributed by atoms with Gasteiger partial charge < -0.3 is 9.84 Å². The maximum Gasteiger partial charge on any atom is 0.144 e. The van der Waals surface area contributed by atoms with Crippen LogP contribution in [0.5, 0.6) is 17.2 Å². The first kappa shape index (κ1) is 11.7. The van der Waals surface area contributed by atoms with Gasteiger partial charge in [-0.1, -0.05) is 22.0 Å². The summed E-state index contributed by atoms with van der Waals surface area (Å²) in [5.74, 6) is 1.63. The van der Waals surface area contributed by atoms with Crippen molar-refractivity contribution in [3.8, 4) is 17.2 Å². The molecule has 0 saturated heterocycles. The Bertz CT molecular complexity index is 497. The largest absolute Gasteiger partial charge is 0.507 e. The van der Waals surface area contributed by atoms with Crippen molar-refractivity contribution in [3.63, 3.8) is 0 Å². The number of phenols is 1. The third-order valence-corrected chi connectivity index (χ3v) is 3.60. The van der Waals surface area contributed by atoms with Crippen LogP contribution in [0, 0.1) is 3.57 Å². The van der Waals surface area contributed by atoms with Gasteiger partial charge in [0, 0.05) is 4.47 Å². The van der Waals surface area contributed by atoms with Crippen LogP contribution in [0.25, 0.3) is 0 Å². The molecule has 16 heavy (non-hydrogen) atoms. The van der Waals surface area contributed by atoms with E-state index in [2.05, 4.69) is 38.5 Å². The molecule has 0 aliphatic carbocycles. The van der Waals surface area contributed by atoms with Crippen molar-refractivity contribution in [1.82, 2.24) is 0 Å². The number of ether oxygens (including phenoxy) is 1. The van der Waals surface area contributed by atoms with Crippen LogP contribution >= 0.6 is 38.5 Å². The van der Waals surface area contributed by atoms with Gasteiger partial charge >= 0.3 is 0 Å². The number of rotatable bonds is 2. The highest BCUT2D eigenvalue weighted by atomic mass is 127. The fourth-order valence-corrected chi connectivity index (χ4v) is 1.94. The van der Waals surface area contributed by atoms with Crippen molar-refractivity contribution in [2.24, 2.45) is 0 Å². The molecule has 2 rings (SSSR count). The summed E-state index contributed by atoms with van der Waals surface area (Å²) in [6.07, 6.45) is 0. The molecule has 0 bridgehead atoms. The third-order valence-electron chi connectivity index (χ3n) is 1.98. The van der Waals surface area contributed by atoms with Crippen molar-refractivity contribution in [2.75, 3.05) is 0 Å². The monoisotopic (exact) mass is 390 g/mol. The molecular weight excluding hydrogens is 383 g/mol. The summed E-state index contributed by atoms with van der Waals surface area (Å²) in [7, 11) is 0. The van der Waals surface area contributed by atoms with E-state index in [1.54, 1.807) is 12.1 Å². The van der Waals surface area contributed by atoms with E-state index < -0.39 is 0 Å². The van der Waals surface area contributed by atoms with Crippen LogP contribution in [-0.4, -0.2) is 5.11 Å². The number of aromatic hydroxyl groups is 1. The lowest BCUT2D eigenvalue weighted by molar-refractivity contribution is 0.448. The Labute approximate surface area is 116 Å². The Morgan fingerprint density at radius 3 is 2.44 bits per heavy atom. The van der Waals surface area contributed by atoms with E-state index >= 15 is 0 Å². The molecule has 0 atom stereocenters. The van der Waals surface area contributed by atoms with Crippen LogP contribution in [-0.2, 0) is 0 Å². The van der Waals surface area contributed by atoms with Crippen molar-refractivity contribution >= 4 is 38.5 Å². The Kier molecular flexibility index (Phi) is 3.70. The van der Waals surface area contributed by atoms with Gasteiger partial charge in [-0.25, -0.2) is 0 Å². The minimum Gasteiger partial charge on any atom is -0.507 e. The number of hydrogen-bond donors (Lipinski definition) is 1. The lowest BCUT2D eigenvalue weighted by Gasteiger charge is -2.08. The zero-order chi connectivity index (χ0) is 11.5. The van der Waals surface area contributed by atoms with Crippen molar-refractivity contribution < 1.29 is 9.84 Å². The molecule has 0 aliphatic heterocycles. The molecule has 0 amide bonds. The molecule has 0 radical (unpaired) electrons.